The molecular weight excluding hydrogens is 356 g/mol. The summed E-state index contributed by atoms with van der Waals surface area (Å²) in [6.07, 6.45) is -3.93. The van der Waals surface area contributed by atoms with Crippen molar-refractivity contribution in [2.24, 2.45) is 0 Å². The summed E-state index contributed by atoms with van der Waals surface area (Å²) in [5.41, 5.74) is 0.0416. The van der Waals surface area contributed by atoms with E-state index in [1.807, 2.05) is 43.3 Å². The Bertz CT molecular complexity index is 795. The van der Waals surface area contributed by atoms with Gasteiger partial charge in [0.1, 0.15) is 23.4 Å². The van der Waals surface area contributed by atoms with E-state index >= 15 is 0 Å². The number of carbonyl (C=O) groups is 1. The van der Waals surface area contributed by atoms with Gasteiger partial charge >= 0.3 is 5.97 Å². The summed E-state index contributed by atoms with van der Waals surface area (Å²) in [7, 11) is 0. The fourth-order valence-corrected chi connectivity index (χ4v) is 3.54. The Balaban J connectivity index is 2.01. The molecule has 7 heteroatoms. The number of benzene rings is 2. The van der Waals surface area contributed by atoms with Gasteiger partial charge in [0, 0.05) is 12.3 Å². The topological polar surface area (TPSA) is 85.2 Å². The molecule has 0 aliphatic carbocycles. The third-order valence-electron chi connectivity index (χ3n) is 4.45. The van der Waals surface area contributed by atoms with Crippen LogP contribution in [0.25, 0.3) is 10.8 Å². The van der Waals surface area contributed by atoms with Crippen LogP contribution in [0.1, 0.15) is 12.5 Å². The third-order valence-corrected chi connectivity index (χ3v) is 4.86. The molecular formula is C19H22O6S. The monoisotopic (exact) mass is 378 g/mol. The number of carbonyl (C=O) groups excluding carboxylic acids is 1. The molecule has 2 aromatic carbocycles. The quantitative estimate of drug-likeness (QED) is 0.556. The second kappa shape index (κ2) is 7.84. The van der Waals surface area contributed by atoms with Crippen molar-refractivity contribution >= 4 is 29.4 Å². The summed E-state index contributed by atoms with van der Waals surface area (Å²) in [6, 6.07) is 11.6. The minimum Gasteiger partial charge on any atom is -0.483 e. The van der Waals surface area contributed by atoms with Crippen molar-refractivity contribution in [3.8, 4) is 5.75 Å². The van der Waals surface area contributed by atoms with Crippen LogP contribution in [-0.4, -0.2) is 52.6 Å². The number of aliphatic hydroxyl groups excluding tert-OH is 2. The molecule has 3 rings (SSSR count). The lowest BCUT2D eigenvalue weighted by molar-refractivity contribution is -0.211. The Hall–Kier alpha value is -1.80. The van der Waals surface area contributed by atoms with Crippen LogP contribution in [0, 0.1) is 6.92 Å². The molecule has 0 spiro atoms. The van der Waals surface area contributed by atoms with Crippen LogP contribution in [0.3, 0.4) is 0 Å². The van der Waals surface area contributed by atoms with E-state index in [-0.39, 0.29) is 0 Å². The summed E-state index contributed by atoms with van der Waals surface area (Å²) >= 11 is 4.31. The number of thiol groups is 1. The Morgan fingerprint density at radius 1 is 1.23 bits per heavy atom. The van der Waals surface area contributed by atoms with Crippen LogP contribution in [0.2, 0.25) is 0 Å². The van der Waals surface area contributed by atoms with Gasteiger partial charge in [-0.05, 0) is 17.9 Å². The zero-order valence-corrected chi connectivity index (χ0v) is 15.4. The third kappa shape index (κ3) is 3.66. The van der Waals surface area contributed by atoms with Crippen LogP contribution < -0.4 is 4.74 Å². The van der Waals surface area contributed by atoms with Crippen molar-refractivity contribution in [1.82, 2.24) is 0 Å². The Labute approximate surface area is 157 Å². The predicted octanol–water partition coefficient (Wildman–Crippen LogP) is 1.84. The molecule has 26 heavy (non-hydrogen) atoms. The van der Waals surface area contributed by atoms with E-state index in [9.17, 15) is 15.0 Å². The molecule has 140 valence electrons. The molecule has 0 bridgehead atoms. The Morgan fingerprint density at radius 3 is 2.65 bits per heavy atom. The molecule has 1 saturated heterocycles. The zero-order chi connectivity index (χ0) is 18.8. The van der Waals surface area contributed by atoms with Gasteiger partial charge in [-0.25, -0.2) is 0 Å². The van der Waals surface area contributed by atoms with Gasteiger partial charge in [0.15, 0.2) is 12.2 Å². The zero-order valence-electron chi connectivity index (χ0n) is 14.5. The highest BCUT2D eigenvalue weighted by Gasteiger charge is 2.47. The molecule has 2 aromatic rings. The number of ether oxygens (including phenoxy) is 3. The lowest BCUT2D eigenvalue weighted by Gasteiger charge is -2.42. The van der Waals surface area contributed by atoms with Gasteiger partial charge in [0.2, 0.25) is 0 Å². The normalized spacial score (nSPS) is 28.7. The van der Waals surface area contributed by atoms with Gasteiger partial charge in [-0.3, -0.25) is 4.79 Å². The van der Waals surface area contributed by atoms with Crippen LogP contribution >= 0.6 is 12.6 Å². The summed E-state index contributed by atoms with van der Waals surface area (Å²) in [5, 5.41) is 22.0. The van der Waals surface area contributed by atoms with Gasteiger partial charge < -0.3 is 24.4 Å². The minimum absolute atomic E-state index is 0.403. The second-order valence-electron chi connectivity index (χ2n) is 6.33. The maximum Gasteiger partial charge on any atom is 0.303 e. The van der Waals surface area contributed by atoms with Crippen LogP contribution in [0.5, 0.6) is 5.75 Å². The van der Waals surface area contributed by atoms with Gasteiger partial charge in [-0.1, -0.05) is 36.4 Å². The Morgan fingerprint density at radius 2 is 1.96 bits per heavy atom. The van der Waals surface area contributed by atoms with E-state index in [1.54, 1.807) is 0 Å². The average Bonchev–Trinajstić information content (AvgIpc) is 2.62. The fourth-order valence-electron chi connectivity index (χ4n) is 3.15. The lowest BCUT2D eigenvalue weighted by Crippen LogP contribution is -2.60. The van der Waals surface area contributed by atoms with Crippen LogP contribution in [0.4, 0.5) is 0 Å². The van der Waals surface area contributed by atoms with Crippen LogP contribution in [-0.2, 0) is 14.3 Å². The number of aliphatic hydroxyl groups is 2. The number of fused-ring (bicyclic) bond motifs is 1. The molecule has 6 nitrogen and oxygen atoms in total. The molecule has 0 saturated carbocycles. The minimum atomic E-state index is -1.19. The van der Waals surface area contributed by atoms with Crippen molar-refractivity contribution in [3.63, 3.8) is 0 Å². The molecule has 2 N–H and O–H groups in total. The van der Waals surface area contributed by atoms with Gasteiger partial charge in [-0.2, -0.15) is 0 Å². The molecule has 0 radical (unpaired) electrons. The highest BCUT2D eigenvalue weighted by molar-refractivity contribution is 7.80. The average molecular weight is 378 g/mol. The molecule has 1 aliphatic heterocycles. The van der Waals surface area contributed by atoms with Crippen molar-refractivity contribution in [2.45, 2.75) is 43.7 Å². The first-order valence-corrected chi connectivity index (χ1v) is 8.88. The lowest BCUT2D eigenvalue weighted by atomic mass is 9.99. The van der Waals surface area contributed by atoms with Crippen molar-refractivity contribution in [1.29, 1.82) is 0 Å². The predicted molar refractivity (Wildman–Crippen MR) is 99.4 cm³/mol. The van der Waals surface area contributed by atoms with E-state index in [2.05, 4.69) is 12.6 Å². The summed E-state index contributed by atoms with van der Waals surface area (Å²) in [6.45, 7) is 2.76. The maximum absolute atomic E-state index is 11.5. The molecule has 0 aromatic heterocycles. The number of hydrogen-bond donors (Lipinski definition) is 3. The van der Waals surface area contributed by atoms with Gasteiger partial charge in [0.25, 0.3) is 0 Å². The van der Waals surface area contributed by atoms with Gasteiger partial charge in [-0.15, -0.1) is 12.6 Å². The van der Waals surface area contributed by atoms with E-state index in [0.29, 0.717) is 5.75 Å². The summed E-state index contributed by atoms with van der Waals surface area (Å²) in [4.78, 5) is 11.5. The number of aryl methyl sites for hydroxylation is 1. The first-order valence-electron chi connectivity index (χ1n) is 8.37. The number of esters is 1. The Kier molecular flexibility index (Phi) is 5.72. The maximum atomic E-state index is 11.5. The first-order chi connectivity index (χ1) is 12.4. The second-order valence-corrected chi connectivity index (χ2v) is 6.84. The fraction of sp³-hybridized carbons (Fsp3) is 0.421. The molecule has 1 fully saturated rings. The standard InChI is InChI=1S/C19H22O6S/c1-10-7-8-12-5-3-4-6-13(12)16(10)25-17-15(22)14(9-20)24-19(26)18(17)23-11(2)21/h3-8,14-15,17-20,22,26H,9H2,1-2H3/t14-,15-,17+,18-,19+/m1/s1. The number of rotatable bonds is 4. The van der Waals surface area contributed by atoms with Crippen LogP contribution in [0.15, 0.2) is 36.4 Å². The van der Waals surface area contributed by atoms with Crippen molar-refractivity contribution in [2.75, 3.05) is 6.61 Å². The molecule has 0 amide bonds. The molecule has 5 atom stereocenters. The molecule has 1 aliphatic rings. The highest BCUT2D eigenvalue weighted by atomic mass is 32.1. The highest BCUT2D eigenvalue weighted by Crippen LogP contribution is 2.34. The van der Waals surface area contributed by atoms with Crippen molar-refractivity contribution < 1.29 is 29.2 Å². The number of hydrogen-bond acceptors (Lipinski definition) is 7. The first kappa shape index (κ1) is 19.0. The van der Waals surface area contributed by atoms with Gasteiger partial charge in [0.05, 0.1) is 6.61 Å². The van der Waals surface area contributed by atoms with E-state index in [1.165, 1.54) is 6.92 Å². The molecule has 1 heterocycles. The molecule has 0 unspecified atom stereocenters. The summed E-state index contributed by atoms with van der Waals surface area (Å²) < 4.78 is 16.9. The van der Waals surface area contributed by atoms with Crippen molar-refractivity contribution in [3.05, 3.63) is 42.0 Å². The van der Waals surface area contributed by atoms with E-state index < -0.39 is 42.4 Å². The SMILES string of the molecule is CC(=O)O[C@@H]1[C@@H](Oc2c(C)ccc3ccccc23)[C@H](O)[C@@H](CO)O[C@H]1S. The van der Waals surface area contributed by atoms with E-state index in [0.717, 1.165) is 16.3 Å². The smallest absolute Gasteiger partial charge is 0.303 e. The summed E-state index contributed by atoms with van der Waals surface area (Å²) in [5.74, 6) is 0.0546. The largest absolute Gasteiger partial charge is 0.483 e. The van der Waals surface area contributed by atoms with E-state index in [4.69, 9.17) is 14.2 Å².